The fourth-order valence-corrected chi connectivity index (χ4v) is 4.24. The molecule has 4 nitrogen and oxygen atoms in total. The molecule has 0 radical (unpaired) electrons. The molecule has 3 N–H and O–H groups in total. The van der Waals surface area contributed by atoms with Crippen LogP contribution in [-0.4, -0.2) is 41.3 Å². The maximum atomic E-state index is 11.9. The molecule has 1 aromatic carbocycles. The first-order valence-electron chi connectivity index (χ1n) is 7.59. The molecule has 22 heavy (non-hydrogen) atoms. The molecule has 1 unspecified atom stereocenters. The Kier molecular flexibility index (Phi) is 4.57. The van der Waals surface area contributed by atoms with E-state index in [0.717, 1.165) is 30.0 Å². The Morgan fingerprint density at radius 2 is 1.86 bits per heavy atom. The van der Waals surface area contributed by atoms with Crippen molar-refractivity contribution in [2.45, 2.75) is 30.3 Å². The molecule has 120 valence electrons. The Bertz CT molecular complexity index is 540. The summed E-state index contributed by atoms with van der Waals surface area (Å²) < 4.78 is 0. The zero-order valence-electron chi connectivity index (χ0n) is 12.4. The monoisotopic (exact) mass is 340 g/mol. The van der Waals surface area contributed by atoms with Gasteiger partial charge in [-0.05, 0) is 42.7 Å². The van der Waals surface area contributed by atoms with E-state index in [-0.39, 0.29) is 11.4 Å². The van der Waals surface area contributed by atoms with Crippen LogP contribution in [0.5, 0.6) is 0 Å². The molecule has 6 heteroatoms. The molecule has 1 aliphatic heterocycles. The molecule has 2 fully saturated rings. The summed E-state index contributed by atoms with van der Waals surface area (Å²) >= 11 is 7.65. The van der Waals surface area contributed by atoms with Crippen molar-refractivity contribution in [1.82, 2.24) is 10.6 Å². The van der Waals surface area contributed by atoms with Crippen LogP contribution in [0.2, 0.25) is 5.02 Å². The van der Waals surface area contributed by atoms with Gasteiger partial charge in [-0.25, -0.2) is 4.79 Å². The second-order valence-electron chi connectivity index (χ2n) is 6.35. The van der Waals surface area contributed by atoms with E-state index < -0.39 is 5.60 Å². The van der Waals surface area contributed by atoms with Crippen molar-refractivity contribution in [3.63, 3.8) is 0 Å². The number of amides is 2. The molecule has 1 atom stereocenters. The van der Waals surface area contributed by atoms with Crippen molar-refractivity contribution in [2.75, 3.05) is 24.6 Å². The van der Waals surface area contributed by atoms with Crippen LogP contribution >= 0.6 is 23.4 Å². The van der Waals surface area contributed by atoms with Gasteiger partial charge in [-0.15, -0.1) is 0 Å². The van der Waals surface area contributed by atoms with Crippen LogP contribution in [-0.2, 0) is 5.41 Å². The predicted octanol–water partition coefficient (Wildman–Crippen LogP) is 2.54. The third-order valence-electron chi connectivity index (χ3n) is 4.56. The predicted molar refractivity (Wildman–Crippen MR) is 90.7 cm³/mol. The SMILES string of the molecule is O=C(NCC1(O)CCSC1)NCC1(c2ccc(Cl)cc2)CC1. The van der Waals surface area contributed by atoms with Gasteiger partial charge in [0.05, 0.1) is 5.60 Å². The summed E-state index contributed by atoms with van der Waals surface area (Å²) in [5.41, 5.74) is 0.542. The first kappa shape index (κ1) is 16.0. The third kappa shape index (κ3) is 3.70. The van der Waals surface area contributed by atoms with Crippen molar-refractivity contribution in [3.05, 3.63) is 34.9 Å². The summed E-state index contributed by atoms with van der Waals surface area (Å²) in [5, 5.41) is 16.7. The van der Waals surface area contributed by atoms with E-state index >= 15 is 0 Å². The second-order valence-corrected chi connectivity index (χ2v) is 7.89. The summed E-state index contributed by atoms with van der Waals surface area (Å²) in [6.45, 7) is 0.938. The molecule has 3 rings (SSSR count). The average Bonchev–Trinajstić information content (AvgIpc) is 3.18. The topological polar surface area (TPSA) is 61.4 Å². The molecular formula is C16H21ClN2O2S. The molecule has 1 aliphatic carbocycles. The first-order valence-corrected chi connectivity index (χ1v) is 9.13. The first-order chi connectivity index (χ1) is 10.5. The van der Waals surface area contributed by atoms with Gasteiger partial charge in [0.15, 0.2) is 0 Å². The van der Waals surface area contributed by atoms with Crippen LogP contribution in [0.25, 0.3) is 0 Å². The molecule has 1 aromatic rings. The number of hydrogen-bond acceptors (Lipinski definition) is 3. The molecule has 0 spiro atoms. The standard InChI is InChI=1S/C16H21ClN2O2S/c17-13-3-1-12(2-4-13)15(5-6-15)9-18-14(20)19-10-16(21)7-8-22-11-16/h1-4,21H,5-11H2,(H2,18,19,20). The Hall–Kier alpha value is -0.910. The lowest BCUT2D eigenvalue weighted by Gasteiger charge is -2.22. The van der Waals surface area contributed by atoms with Gasteiger partial charge >= 0.3 is 6.03 Å². The van der Waals surface area contributed by atoms with Gasteiger partial charge < -0.3 is 15.7 Å². The van der Waals surface area contributed by atoms with Crippen LogP contribution in [0.4, 0.5) is 4.79 Å². The minimum absolute atomic E-state index is 0.0576. The lowest BCUT2D eigenvalue weighted by molar-refractivity contribution is 0.0700. The van der Waals surface area contributed by atoms with Crippen molar-refractivity contribution in [2.24, 2.45) is 0 Å². The highest BCUT2D eigenvalue weighted by Crippen LogP contribution is 2.47. The Morgan fingerprint density at radius 3 is 2.45 bits per heavy atom. The molecule has 1 saturated heterocycles. The van der Waals surface area contributed by atoms with Crippen molar-refractivity contribution < 1.29 is 9.90 Å². The molecule has 0 bridgehead atoms. The minimum Gasteiger partial charge on any atom is -0.387 e. The van der Waals surface area contributed by atoms with E-state index in [1.807, 2.05) is 24.3 Å². The lowest BCUT2D eigenvalue weighted by atomic mass is 9.96. The number of hydrogen-bond donors (Lipinski definition) is 3. The fraction of sp³-hybridized carbons (Fsp3) is 0.562. The Labute approximate surface area is 140 Å². The van der Waals surface area contributed by atoms with Crippen molar-refractivity contribution >= 4 is 29.4 Å². The number of nitrogens with one attached hydrogen (secondary N) is 2. The number of aliphatic hydroxyl groups is 1. The highest BCUT2D eigenvalue weighted by molar-refractivity contribution is 7.99. The van der Waals surface area contributed by atoms with Crippen LogP contribution < -0.4 is 10.6 Å². The molecule has 0 aromatic heterocycles. The van der Waals surface area contributed by atoms with E-state index in [1.54, 1.807) is 11.8 Å². The Balaban J connectivity index is 1.47. The van der Waals surface area contributed by atoms with Crippen molar-refractivity contribution in [1.29, 1.82) is 0 Å². The largest absolute Gasteiger partial charge is 0.387 e. The van der Waals surface area contributed by atoms with E-state index in [4.69, 9.17) is 11.6 Å². The Morgan fingerprint density at radius 1 is 1.18 bits per heavy atom. The van der Waals surface area contributed by atoms with Gasteiger partial charge in [-0.1, -0.05) is 23.7 Å². The second kappa shape index (κ2) is 6.30. The van der Waals surface area contributed by atoms with Gasteiger partial charge in [0, 0.05) is 29.3 Å². The number of thioether (sulfide) groups is 1. The summed E-state index contributed by atoms with van der Waals surface area (Å²) in [6, 6.07) is 7.65. The molecule has 1 heterocycles. The number of carbonyl (C=O) groups is 1. The normalized spacial score (nSPS) is 25.7. The smallest absolute Gasteiger partial charge is 0.314 e. The number of urea groups is 1. The van der Waals surface area contributed by atoms with Crippen molar-refractivity contribution in [3.8, 4) is 0 Å². The van der Waals surface area contributed by atoms with E-state index in [2.05, 4.69) is 10.6 Å². The zero-order valence-corrected chi connectivity index (χ0v) is 14.0. The maximum absolute atomic E-state index is 11.9. The van der Waals surface area contributed by atoms with Crippen LogP contribution in [0, 0.1) is 0 Å². The molecule has 2 amide bonds. The summed E-state index contributed by atoms with van der Waals surface area (Å²) in [5.74, 6) is 1.65. The lowest BCUT2D eigenvalue weighted by Crippen LogP contribution is -2.47. The summed E-state index contributed by atoms with van der Waals surface area (Å²) in [6.07, 6.45) is 2.90. The molecule has 1 saturated carbocycles. The number of benzene rings is 1. The quantitative estimate of drug-likeness (QED) is 0.772. The number of halogens is 1. The van der Waals surface area contributed by atoms with Gasteiger partial charge in [0.1, 0.15) is 0 Å². The van der Waals surface area contributed by atoms with Crippen LogP contribution in [0.1, 0.15) is 24.8 Å². The number of carbonyl (C=O) groups excluding carboxylic acids is 1. The van der Waals surface area contributed by atoms with E-state index in [9.17, 15) is 9.90 Å². The highest BCUT2D eigenvalue weighted by Gasteiger charge is 2.44. The van der Waals surface area contributed by atoms with E-state index in [0.29, 0.717) is 18.8 Å². The summed E-state index contributed by atoms with van der Waals surface area (Å²) in [7, 11) is 0. The van der Waals surface area contributed by atoms with E-state index in [1.165, 1.54) is 5.56 Å². The van der Waals surface area contributed by atoms with Gasteiger partial charge in [-0.3, -0.25) is 0 Å². The zero-order chi connectivity index (χ0) is 15.6. The average molecular weight is 341 g/mol. The third-order valence-corrected chi connectivity index (χ3v) is 6.04. The molecular weight excluding hydrogens is 320 g/mol. The van der Waals surface area contributed by atoms with Gasteiger partial charge in [0.25, 0.3) is 0 Å². The van der Waals surface area contributed by atoms with Crippen LogP contribution in [0.3, 0.4) is 0 Å². The van der Waals surface area contributed by atoms with Gasteiger partial charge in [0.2, 0.25) is 0 Å². The van der Waals surface area contributed by atoms with Gasteiger partial charge in [-0.2, -0.15) is 11.8 Å². The molecule has 2 aliphatic rings. The summed E-state index contributed by atoms with van der Waals surface area (Å²) in [4.78, 5) is 11.9. The van der Waals surface area contributed by atoms with Crippen LogP contribution in [0.15, 0.2) is 24.3 Å². The fourth-order valence-electron chi connectivity index (χ4n) is 2.81. The minimum atomic E-state index is -0.741. The highest BCUT2D eigenvalue weighted by atomic mass is 35.5. The maximum Gasteiger partial charge on any atom is 0.314 e. The number of rotatable bonds is 5.